The third-order valence-electron chi connectivity index (χ3n) is 5.02. The van der Waals surface area contributed by atoms with Crippen LogP contribution in [-0.4, -0.2) is 56.7 Å². The largest absolute Gasteiger partial charge is 0.352 e. The van der Waals surface area contributed by atoms with Crippen molar-refractivity contribution in [2.24, 2.45) is 0 Å². The monoisotopic (exact) mass is 364 g/mol. The fourth-order valence-electron chi connectivity index (χ4n) is 3.61. The first-order chi connectivity index (χ1) is 13.2. The normalized spacial score (nSPS) is 14.7. The minimum Gasteiger partial charge on any atom is -0.352 e. The number of anilines is 1. The van der Waals surface area contributed by atoms with Gasteiger partial charge in [0.2, 0.25) is 0 Å². The van der Waals surface area contributed by atoms with E-state index in [1.165, 1.54) is 0 Å². The van der Waals surface area contributed by atoms with E-state index in [9.17, 15) is 4.79 Å². The molecule has 0 bridgehead atoms. The molecule has 0 unspecified atom stereocenters. The molecule has 7 nitrogen and oxygen atoms in total. The van der Waals surface area contributed by atoms with Gasteiger partial charge in [0.1, 0.15) is 12.1 Å². The van der Waals surface area contributed by atoms with Crippen molar-refractivity contribution < 1.29 is 4.79 Å². The highest BCUT2D eigenvalue weighted by atomic mass is 16.2. The van der Waals surface area contributed by atoms with Gasteiger partial charge in [-0.1, -0.05) is 19.1 Å². The van der Waals surface area contributed by atoms with Gasteiger partial charge in [-0.15, -0.1) is 0 Å². The highest BCUT2D eigenvalue weighted by Gasteiger charge is 2.26. The predicted octanol–water partition coefficient (Wildman–Crippen LogP) is 2.51. The summed E-state index contributed by atoms with van der Waals surface area (Å²) in [4.78, 5) is 25.9. The Labute approximate surface area is 158 Å². The summed E-state index contributed by atoms with van der Waals surface area (Å²) in [5, 5.41) is 5.51. The number of aryl methyl sites for hydroxylation is 2. The minimum absolute atomic E-state index is 0.0713. The molecule has 7 heteroatoms. The average molecular weight is 364 g/mol. The van der Waals surface area contributed by atoms with Gasteiger partial charge in [-0.05, 0) is 25.5 Å². The maximum Gasteiger partial charge on any atom is 0.257 e. The molecule has 3 heterocycles. The maximum absolute atomic E-state index is 12.9. The van der Waals surface area contributed by atoms with E-state index in [0.717, 1.165) is 48.5 Å². The average Bonchev–Trinajstić information content (AvgIpc) is 3.07. The first-order valence-electron chi connectivity index (χ1n) is 9.45. The number of carbonyl (C=O) groups excluding carboxylic acids is 1. The topological polar surface area (TPSA) is 67.2 Å². The van der Waals surface area contributed by atoms with E-state index < -0.39 is 0 Å². The van der Waals surface area contributed by atoms with Crippen LogP contribution < -0.4 is 4.90 Å². The van der Waals surface area contributed by atoms with Crippen LogP contribution in [0.25, 0.3) is 10.9 Å². The number of hydrogen-bond donors (Lipinski definition) is 0. The lowest BCUT2D eigenvalue weighted by molar-refractivity contribution is 0.0746. The predicted molar refractivity (Wildman–Crippen MR) is 105 cm³/mol. The van der Waals surface area contributed by atoms with Gasteiger partial charge in [0, 0.05) is 44.3 Å². The van der Waals surface area contributed by atoms with Crippen molar-refractivity contribution in [3.8, 4) is 0 Å². The standard InChI is InChI=1S/C20H24N6O/c1-3-8-26-13-17(15(2)23-26)20(27)25-11-9-24(10-12-25)19-16-6-4-5-7-18(16)21-14-22-19/h4-7,13-14H,3,8-12H2,1-2H3. The van der Waals surface area contributed by atoms with Gasteiger partial charge in [-0.2, -0.15) is 5.10 Å². The second-order valence-electron chi connectivity index (χ2n) is 6.88. The molecule has 1 saturated heterocycles. The third-order valence-corrected chi connectivity index (χ3v) is 5.02. The molecule has 0 radical (unpaired) electrons. The van der Waals surface area contributed by atoms with Crippen LogP contribution in [0.4, 0.5) is 5.82 Å². The van der Waals surface area contributed by atoms with E-state index in [-0.39, 0.29) is 5.91 Å². The molecule has 1 amide bonds. The Kier molecular flexibility index (Phi) is 4.75. The minimum atomic E-state index is 0.0713. The molecule has 140 valence electrons. The molecule has 0 spiro atoms. The van der Waals surface area contributed by atoms with Gasteiger partial charge < -0.3 is 9.80 Å². The summed E-state index contributed by atoms with van der Waals surface area (Å²) < 4.78 is 1.87. The summed E-state index contributed by atoms with van der Waals surface area (Å²) in [6, 6.07) is 8.03. The van der Waals surface area contributed by atoms with E-state index in [4.69, 9.17) is 0 Å². The Hall–Kier alpha value is -2.96. The van der Waals surface area contributed by atoms with E-state index in [0.29, 0.717) is 18.7 Å². The van der Waals surface area contributed by atoms with Crippen molar-refractivity contribution in [3.63, 3.8) is 0 Å². The molecule has 0 atom stereocenters. The lowest BCUT2D eigenvalue weighted by atomic mass is 10.2. The Bertz CT molecular complexity index is 953. The second kappa shape index (κ2) is 7.34. The Morgan fingerprint density at radius 2 is 1.89 bits per heavy atom. The van der Waals surface area contributed by atoms with Gasteiger partial charge in [-0.25, -0.2) is 9.97 Å². The van der Waals surface area contributed by atoms with Crippen LogP contribution in [0.1, 0.15) is 29.4 Å². The van der Waals surface area contributed by atoms with Crippen LogP contribution >= 0.6 is 0 Å². The molecule has 3 aromatic rings. The van der Waals surface area contributed by atoms with Gasteiger partial charge in [0.15, 0.2) is 0 Å². The molecule has 0 aliphatic carbocycles. The first-order valence-corrected chi connectivity index (χ1v) is 9.45. The number of aromatic nitrogens is 4. The van der Waals surface area contributed by atoms with E-state index >= 15 is 0 Å². The molecular weight excluding hydrogens is 340 g/mol. The van der Waals surface area contributed by atoms with Crippen LogP contribution in [0, 0.1) is 6.92 Å². The van der Waals surface area contributed by atoms with Crippen molar-refractivity contribution in [1.82, 2.24) is 24.6 Å². The van der Waals surface area contributed by atoms with Crippen molar-refractivity contribution in [1.29, 1.82) is 0 Å². The van der Waals surface area contributed by atoms with Crippen LogP contribution in [0.5, 0.6) is 0 Å². The third kappa shape index (κ3) is 3.37. The summed E-state index contributed by atoms with van der Waals surface area (Å²) in [6.45, 7) is 7.72. The number of hydrogen-bond acceptors (Lipinski definition) is 5. The van der Waals surface area contributed by atoms with Gasteiger partial charge in [0.05, 0.1) is 16.8 Å². The number of para-hydroxylation sites is 1. The van der Waals surface area contributed by atoms with Crippen LogP contribution in [0.3, 0.4) is 0 Å². The molecule has 2 aromatic heterocycles. The number of carbonyl (C=O) groups is 1. The van der Waals surface area contributed by atoms with Crippen molar-refractivity contribution in [3.05, 3.63) is 48.0 Å². The van der Waals surface area contributed by atoms with Crippen molar-refractivity contribution in [2.75, 3.05) is 31.1 Å². The summed E-state index contributed by atoms with van der Waals surface area (Å²) in [5.41, 5.74) is 2.46. The zero-order valence-electron chi connectivity index (χ0n) is 15.8. The SMILES string of the molecule is CCCn1cc(C(=O)N2CCN(c3ncnc4ccccc34)CC2)c(C)n1. The fourth-order valence-corrected chi connectivity index (χ4v) is 3.61. The number of rotatable bonds is 4. The summed E-state index contributed by atoms with van der Waals surface area (Å²) in [6.07, 6.45) is 4.49. The van der Waals surface area contributed by atoms with Crippen molar-refractivity contribution in [2.45, 2.75) is 26.8 Å². The number of nitrogens with zero attached hydrogens (tertiary/aromatic N) is 6. The number of piperazine rings is 1. The zero-order valence-corrected chi connectivity index (χ0v) is 15.8. The second-order valence-corrected chi connectivity index (χ2v) is 6.88. The number of benzene rings is 1. The molecule has 1 aromatic carbocycles. The first kappa shape index (κ1) is 17.5. The molecule has 4 rings (SSSR count). The number of amides is 1. The molecular formula is C20H24N6O. The van der Waals surface area contributed by atoms with E-state index in [1.807, 2.05) is 47.0 Å². The van der Waals surface area contributed by atoms with Gasteiger partial charge >= 0.3 is 0 Å². The quantitative estimate of drug-likeness (QED) is 0.712. The van der Waals surface area contributed by atoms with Crippen molar-refractivity contribution >= 4 is 22.6 Å². The smallest absolute Gasteiger partial charge is 0.257 e. The maximum atomic E-state index is 12.9. The fraction of sp³-hybridized carbons (Fsp3) is 0.400. The summed E-state index contributed by atoms with van der Waals surface area (Å²) in [5.74, 6) is 1.02. The number of fused-ring (bicyclic) bond motifs is 1. The van der Waals surface area contributed by atoms with Gasteiger partial charge in [-0.3, -0.25) is 9.48 Å². The lowest BCUT2D eigenvalue weighted by Gasteiger charge is -2.35. The molecule has 1 fully saturated rings. The summed E-state index contributed by atoms with van der Waals surface area (Å²) in [7, 11) is 0. The summed E-state index contributed by atoms with van der Waals surface area (Å²) >= 11 is 0. The Morgan fingerprint density at radius 1 is 1.11 bits per heavy atom. The molecule has 0 N–H and O–H groups in total. The highest BCUT2D eigenvalue weighted by molar-refractivity contribution is 5.95. The molecule has 1 aliphatic heterocycles. The van der Waals surface area contributed by atoms with E-state index in [2.05, 4.69) is 26.9 Å². The molecule has 1 aliphatic rings. The van der Waals surface area contributed by atoms with Crippen LogP contribution in [-0.2, 0) is 6.54 Å². The highest BCUT2D eigenvalue weighted by Crippen LogP contribution is 2.24. The van der Waals surface area contributed by atoms with Gasteiger partial charge in [0.25, 0.3) is 5.91 Å². The van der Waals surface area contributed by atoms with Crippen LogP contribution in [0.2, 0.25) is 0 Å². The van der Waals surface area contributed by atoms with Crippen LogP contribution in [0.15, 0.2) is 36.8 Å². The Balaban J connectivity index is 1.48. The molecule has 27 heavy (non-hydrogen) atoms. The Morgan fingerprint density at radius 3 is 2.67 bits per heavy atom. The molecule has 0 saturated carbocycles. The lowest BCUT2D eigenvalue weighted by Crippen LogP contribution is -2.49. The van der Waals surface area contributed by atoms with E-state index in [1.54, 1.807) is 6.33 Å². The zero-order chi connectivity index (χ0) is 18.8.